The number of halogens is 1. The van der Waals surface area contributed by atoms with Crippen molar-refractivity contribution < 1.29 is 18.7 Å². The van der Waals surface area contributed by atoms with Crippen molar-refractivity contribution in [3.05, 3.63) is 17.9 Å². The topological polar surface area (TPSA) is 68.0 Å². The van der Waals surface area contributed by atoms with Gasteiger partial charge in [0.1, 0.15) is 30.3 Å². The molecule has 0 bridgehead atoms. The number of nitrogens with two attached hydrogens (primary N) is 1. The highest BCUT2D eigenvalue weighted by Gasteiger charge is 2.46. The average molecular weight is 339 g/mol. The molecule has 8 heteroatoms. The fourth-order valence-corrected chi connectivity index (χ4v) is 4.19. The standard InChI is InChI=1S/C15H18FN3O3S/c16-9-5-11-13(6-10(9)18-1-3-23-4-2-18)21-8-12-14(7-17)22-15(20)19(11)12/h5-6,12,14H,1-4,7-8,17H2/t12-,14-/m1/s1. The summed E-state index contributed by atoms with van der Waals surface area (Å²) in [5, 5.41) is 0. The maximum Gasteiger partial charge on any atom is 0.415 e. The van der Waals surface area contributed by atoms with Crippen LogP contribution >= 0.6 is 11.8 Å². The summed E-state index contributed by atoms with van der Waals surface area (Å²) in [5.41, 5.74) is 6.59. The molecule has 0 spiro atoms. The third-order valence-corrected chi connectivity index (χ3v) is 5.43. The summed E-state index contributed by atoms with van der Waals surface area (Å²) < 4.78 is 25.6. The molecule has 0 unspecified atom stereocenters. The number of rotatable bonds is 2. The van der Waals surface area contributed by atoms with Gasteiger partial charge in [0.05, 0.1) is 11.4 Å². The van der Waals surface area contributed by atoms with Crippen LogP contribution in [0.4, 0.5) is 20.6 Å². The predicted octanol–water partition coefficient (Wildman–Crippen LogP) is 1.42. The Morgan fingerprint density at radius 1 is 1.30 bits per heavy atom. The highest BCUT2D eigenvalue weighted by Crippen LogP contribution is 2.42. The molecular formula is C15H18FN3O3S. The quantitative estimate of drug-likeness (QED) is 0.879. The number of cyclic esters (lactones) is 1. The number of hydrogen-bond acceptors (Lipinski definition) is 6. The number of benzene rings is 1. The summed E-state index contributed by atoms with van der Waals surface area (Å²) in [6.07, 6.45) is -0.908. The van der Waals surface area contributed by atoms with E-state index in [0.717, 1.165) is 24.6 Å². The third kappa shape index (κ3) is 2.40. The maximum absolute atomic E-state index is 14.6. The Hall–Kier alpha value is -1.67. The van der Waals surface area contributed by atoms with Gasteiger partial charge in [-0.15, -0.1) is 0 Å². The van der Waals surface area contributed by atoms with Crippen LogP contribution in [0.15, 0.2) is 12.1 Å². The molecule has 1 amide bonds. The number of fused-ring (bicyclic) bond motifs is 3. The lowest BCUT2D eigenvalue weighted by Gasteiger charge is -2.33. The van der Waals surface area contributed by atoms with E-state index in [1.807, 2.05) is 16.7 Å². The zero-order valence-corrected chi connectivity index (χ0v) is 13.4. The molecule has 3 aliphatic rings. The van der Waals surface area contributed by atoms with Crippen molar-refractivity contribution in [1.82, 2.24) is 0 Å². The molecule has 2 atom stereocenters. The molecule has 124 valence electrons. The van der Waals surface area contributed by atoms with E-state index in [0.29, 0.717) is 23.7 Å². The number of hydrogen-bond donors (Lipinski definition) is 1. The van der Waals surface area contributed by atoms with Crippen LogP contribution in [-0.2, 0) is 4.74 Å². The van der Waals surface area contributed by atoms with Gasteiger partial charge in [-0.25, -0.2) is 9.18 Å². The van der Waals surface area contributed by atoms with E-state index in [1.165, 1.54) is 11.0 Å². The summed E-state index contributed by atoms with van der Waals surface area (Å²) >= 11 is 1.87. The van der Waals surface area contributed by atoms with Crippen LogP contribution in [-0.4, -0.2) is 56.0 Å². The van der Waals surface area contributed by atoms with Gasteiger partial charge in [0.2, 0.25) is 0 Å². The molecule has 0 saturated carbocycles. The van der Waals surface area contributed by atoms with Gasteiger partial charge in [-0.05, 0) is 0 Å². The number of carbonyl (C=O) groups excluding carboxylic acids is 1. The van der Waals surface area contributed by atoms with Crippen molar-refractivity contribution in [1.29, 1.82) is 0 Å². The largest absolute Gasteiger partial charge is 0.489 e. The molecule has 2 N–H and O–H groups in total. The summed E-state index contributed by atoms with van der Waals surface area (Å²) in [5.74, 6) is 2.14. The minimum absolute atomic E-state index is 0.220. The molecule has 2 fully saturated rings. The maximum atomic E-state index is 14.6. The summed E-state index contributed by atoms with van der Waals surface area (Å²) in [4.78, 5) is 15.6. The molecule has 0 aliphatic carbocycles. The number of ether oxygens (including phenoxy) is 2. The van der Waals surface area contributed by atoms with E-state index >= 15 is 0 Å². The fourth-order valence-electron chi connectivity index (χ4n) is 3.29. The van der Waals surface area contributed by atoms with Gasteiger partial charge in [0.25, 0.3) is 0 Å². The first-order valence-electron chi connectivity index (χ1n) is 7.68. The first-order chi connectivity index (χ1) is 11.2. The normalized spacial score (nSPS) is 26.4. The molecule has 4 rings (SSSR count). The molecule has 23 heavy (non-hydrogen) atoms. The molecule has 3 aliphatic heterocycles. The second kappa shape index (κ2) is 5.76. The zero-order chi connectivity index (χ0) is 16.0. The Labute approximate surface area is 137 Å². The first-order valence-corrected chi connectivity index (χ1v) is 8.83. The van der Waals surface area contributed by atoms with E-state index in [-0.39, 0.29) is 18.4 Å². The van der Waals surface area contributed by atoms with Crippen LogP contribution in [0, 0.1) is 5.82 Å². The zero-order valence-electron chi connectivity index (χ0n) is 12.5. The fraction of sp³-hybridized carbons (Fsp3) is 0.533. The number of thioether (sulfide) groups is 1. The number of anilines is 2. The molecule has 3 heterocycles. The Balaban J connectivity index is 1.70. The molecule has 0 radical (unpaired) electrons. The molecule has 2 saturated heterocycles. The van der Waals surface area contributed by atoms with Crippen LogP contribution in [0.1, 0.15) is 0 Å². The summed E-state index contributed by atoms with van der Waals surface area (Å²) in [7, 11) is 0. The predicted molar refractivity (Wildman–Crippen MR) is 87.0 cm³/mol. The van der Waals surface area contributed by atoms with Gasteiger partial charge >= 0.3 is 6.09 Å². The monoisotopic (exact) mass is 339 g/mol. The van der Waals surface area contributed by atoms with E-state index in [4.69, 9.17) is 15.2 Å². The van der Waals surface area contributed by atoms with Gasteiger partial charge < -0.3 is 20.1 Å². The minimum atomic E-state index is -0.489. The lowest BCUT2D eigenvalue weighted by molar-refractivity contribution is 0.126. The van der Waals surface area contributed by atoms with Crippen molar-refractivity contribution in [2.75, 3.05) is 47.5 Å². The van der Waals surface area contributed by atoms with Crippen molar-refractivity contribution in [2.24, 2.45) is 5.73 Å². The second-order valence-corrected chi connectivity index (χ2v) is 7.00. The van der Waals surface area contributed by atoms with Crippen LogP contribution in [0.25, 0.3) is 0 Å². The molecule has 1 aromatic rings. The smallest absolute Gasteiger partial charge is 0.415 e. The molecule has 0 aromatic heterocycles. The van der Waals surface area contributed by atoms with E-state index in [1.54, 1.807) is 6.07 Å². The van der Waals surface area contributed by atoms with Gasteiger partial charge in [-0.2, -0.15) is 11.8 Å². The highest BCUT2D eigenvalue weighted by atomic mass is 32.2. The van der Waals surface area contributed by atoms with Crippen molar-refractivity contribution in [3.63, 3.8) is 0 Å². The SMILES string of the molecule is NC[C@H]1OC(=O)N2c3cc(F)c(N4CCSCC4)cc3OC[C@H]12. The van der Waals surface area contributed by atoms with E-state index in [9.17, 15) is 9.18 Å². The summed E-state index contributed by atoms with van der Waals surface area (Å²) in [6, 6.07) is 2.77. The molecule has 6 nitrogen and oxygen atoms in total. The Kier molecular flexibility index (Phi) is 3.73. The number of carbonyl (C=O) groups is 1. The Morgan fingerprint density at radius 3 is 2.83 bits per heavy atom. The summed E-state index contributed by atoms with van der Waals surface area (Å²) in [6.45, 7) is 2.15. The van der Waals surface area contributed by atoms with Crippen LogP contribution in [0.2, 0.25) is 0 Å². The second-order valence-electron chi connectivity index (χ2n) is 5.78. The lowest BCUT2D eigenvalue weighted by Crippen LogP contribution is -2.46. The van der Waals surface area contributed by atoms with Crippen molar-refractivity contribution >= 4 is 29.2 Å². The third-order valence-electron chi connectivity index (χ3n) is 4.49. The van der Waals surface area contributed by atoms with Gasteiger partial charge in [-0.1, -0.05) is 0 Å². The van der Waals surface area contributed by atoms with E-state index in [2.05, 4.69) is 0 Å². The minimum Gasteiger partial charge on any atom is -0.489 e. The van der Waals surface area contributed by atoms with Gasteiger partial charge in [0.15, 0.2) is 0 Å². The average Bonchev–Trinajstić information content (AvgIpc) is 2.91. The van der Waals surface area contributed by atoms with Crippen LogP contribution < -0.4 is 20.3 Å². The van der Waals surface area contributed by atoms with Crippen molar-refractivity contribution in [3.8, 4) is 5.75 Å². The van der Waals surface area contributed by atoms with Crippen molar-refractivity contribution in [2.45, 2.75) is 12.1 Å². The Morgan fingerprint density at radius 2 is 2.09 bits per heavy atom. The van der Waals surface area contributed by atoms with Gasteiger partial charge in [-0.3, -0.25) is 4.90 Å². The Bertz CT molecular complexity index is 639. The van der Waals surface area contributed by atoms with Gasteiger partial charge in [0, 0.05) is 43.3 Å². The molecular weight excluding hydrogens is 321 g/mol. The number of amides is 1. The lowest BCUT2D eigenvalue weighted by atomic mass is 10.1. The van der Waals surface area contributed by atoms with Crippen LogP contribution in [0.3, 0.4) is 0 Å². The molecule has 1 aromatic carbocycles. The first kappa shape index (κ1) is 14.9. The number of nitrogens with zero attached hydrogens (tertiary/aromatic N) is 2. The van der Waals surface area contributed by atoms with E-state index < -0.39 is 12.2 Å². The van der Waals surface area contributed by atoms with Crippen LogP contribution in [0.5, 0.6) is 5.75 Å². The highest BCUT2D eigenvalue weighted by molar-refractivity contribution is 7.99.